The van der Waals surface area contributed by atoms with E-state index in [1.165, 1.54) is 0 Å². The molecule has 0 N–H and O–H groups in total. The molecule has 187 valence electrons. The number of nitrogens with zero attached hydrogens (tertiary/aromatic N) is 1. The summed E-state index contributed by atoms with van der Waals surface area (Å²) in [4.78, 5) is 0. The Morgan fingerprint density at radius 2 is 1.00 bits per heavy atom. The smallest absolute Gasteiger partial charge is 0.474 e. The zero-order valence-electron chi connectivity index (χ0n) is 23.7. The summed E-state index contributed by atoms with van der Waals surface area (Å²) in [5.41, 5.74) is 0. The van der Waals surface area contributed by atoms with Crippen LogP contribution in [0.3, 0.4) is 0 Å². The Labute approximate surface area is 246 Å². The number of hydrogen-bond donors (Lipinski definition) is 0. The van der Waals surface area contributed by atoms with Crippen molar-refractivity contribution in [1.82, 2.24) is 4.57 Å². The van der Waals surface area contributed by atoms with Crippen molar-refractivity contribution in [2.24, 2.45) is 0 Å². The third-order valence-electron chi connectivity index (χ3n) is 6.91. The first-order valence-corrected chi connectivity index (χ1v) is 24.6. The molecule has 1 nitrogen and oxygen atoms in total. The van der Waals surface area contributed by atoms with Crippen LogP contribution in [0.1, 0.15) is 0 Å². The fourth-order valence-electron chi connectivity index (χ4n) is 5.45. The maximum atomic E-state index is 2.89. The molecule has 2 saturated carbocycles. The van der Waals surface area contributed by atoms with Crippen molar-refractivity contribution in [1.29, 1.82) is 0 Å². The van der Waals surface area contributed by atoms with Crippen molar-refractivity contribution < 1.29 is 21.1 Å². The molecule has 0 spiro atoms. The van der Waals surface area contributed by atoms with Gasteiger partial charge in [-0.2, -0.15) is 0 Å². The van der Waals surface area contributed by atoms with Crippen LogP contribution in [0.25, 0.3) is 0 Å². The molecule has 0 aliphatic heterocycles. The van der Waals surface area contributed by atoms with Gasteiger partial charge in [0.25, 0.3) is 0 Å². The van der Waals surface area contributed by atoms with Gasteiger partial charge in [-0.3, -0.25) is 0 Å². The van der Waals surface area contributed by atoms with Gasteiger partial charge in [-0.15, -0.1) is 0 Å². The molecule has 0 amide bonds. The summed E-state index contributed by atoms with van der Waals surface area (Å²) < 4.78 is 5.05. The first kappa shape index (κ1) is 36.2. The molecular formula is C29H46GaMoNSi3+. The number of benzene rings is 1. The maximum absolute atomic E-state index is 2.89. The Morgan fingerprint density at radius 1 is 0.629 bits per heavy atom. The zero-order chi connectivity index (χ0) is 25.9. The van der Waals surface area contributed by atoms with E-state index >= 15 is 0 Å². The molecule has 2 fully saturated rings. The average molecular weight is 659 g/mol. The monoisotopic (exact) mass is 659 g/mol. The van der Waals surface area contributed by atoms with Crippen LogP contribution < -0.4 is 4.12 Å². The maximum Gasteiger partial charge on any atom is 2.00 e. The quantitative estimate of drug-likeness (QED) is 0.247. The molecule has 35 heavy (non-hydrogen) atoms. The van der Waals surface area contributed by atoms with Gasteiger partial charge < -0.3 is 6.42 Å². The van der Waals surface area contributed by atoms with Crippen LogP contribution in [0.4, 0.5) is 0 Å². The molecule has 2 aliphatic carbocycles. The van der Waals surface area contributed by atoms with Gasteiger partial charge in [0.15, 0.2) is 0 Å². The summed E-state index contributed by atoms with van der Waals surface area (Å²) in [6, 6.07) is 11.5. The number of rotatable bonds is 6. The molecule has 2 aliphatic rings. The summed E-state index contributed by atoms with van der Waals surface area (Å²) in [6.07, 6.45) is 24.5. The summed E-state index contributed by atoms with van der Waals surface area (Å²) >= 11 is -0.515. The molecule has 0 heterocycles. The van der Waals surface area contributed by atoms with Crippen LogP contribution in [-0.4, -0.2) is 60.5 Å². The Kier molecular flexibility index (Phi) is 17.5. The van der Waals surface area contributed by atoms with Crippen molar-refractivity contribution in [2.45, 2.75) is 55.2 Å². The van der Waals surface area contributed by atoms with Gasteiger partial charge in [0.05, 0.1) is 0 Å². The predicted molar refractivity (Wildman–Crippen MR) is 163 cm³/mol. The van der Waals surface area contributed by atoms with E-state index in [4.69, 9.17) is 0 Å². The minimum atomic E-state index is -1.49. The van der Waals surface area contributed by atoms with Crippen molar-refractivity contribution in [3.05, 3.63) is 107 Å². The molecule has 13 radical (unpaired) electrons. The summed E-state index contributed by atoms with van der Waals surface area (Å²) in [7, 11) is 0.609. The van der Waals surface area contributed by atoms with Gasteiger partial charge in [0, 0.05) is 0 Å². The fraction of sp³-hybridized carbons (Fsp3) is 0.379. The SMILES string of the molecule is CN(C)[Si](C)(C)[C]([Ga][c]1ccccc1)([Si](C)(C)C)[Si](C)(C)C.[C-]1[CH][CH][CH][CH][CH]1.[CH]1[CH][CH][CH][CH][CH]1.[Mo+2]. The van der Waals surface area contributed by atoms with E-state index in [0.717, 1.165) is 0 Å². The van der Waals surface area contributed by atoms with Gasteiger partial charge in [-0.1, -0.05) is 12.8 Å². The van der Waals surface area contributed by atoms with Crippen molar-refractivity contribution in [3.8, 4) is 0 Å². The van der Waals surface area contributed by atoms with Crippen molar-refractivity contribution in [3.63, 3.8) is 0 Å². The molecule has 0 bridgehead atoms. The predicted octanol–water partition coefficient (Wildman–Crippen LogP) is 6.56. The second-order valence-electron chi connectivity index (χ2n) is 11.5. The largest absolute Gasteiger partial charge is 2.00 e. The van der Waals surface area contributed by atoms with Gasteiger partial charge >= 0.3 is 171 Å². The van der Waals surface area contributed by atoms with Crippen LogP contribution in [0, 0.1) is 77.0 Å². The molecule has 6 heteroatoms. The summed E-state index contributed by atoms with van der Waals surface area (Å²) in [5.74, 6) is 0. The summed E-state index contributed by atoms with van der Waals surface area (Å²) in [6.45, 7) is 21.3. The van der Waals surface area contributed by atoms with E-state index < -0.39 is 41.8 Å². The Bertz CT molecular complexity index is 612. The van der Waals surface area contributed by atoms with Crippen molar-refractivity contribution >= 4 is 45.9 Å². The second kappa shape index (κ2) is 17.0. The first-order valence-electron chi connectivity index (χ1n) is 12.3. The molecule has 0 aromatic heterocycles. The van der Waals surface area contributed by atoms with E-state index in [-0.39, 0.29) is 21.1 Å². The molecule has 1 aromatic carbocycles. The van der Waals surface area contributed by atoms with Crippen LogP contribution in [0.15, 0.2) is 30.3 Å². The molecule has 1 aromatic rings. The standard InChI is InChI=1S/C11H30NSi3.C6H6.2C6H5.Ga.Mo/c1-12(2)15(9,10)11(13(3,4)5)14(6,7)8;3*1-2-4-6-5-3-1;;/h1-10H3;1-6H;2*1-5H;;/q;;;-1;;+2. The Balaban J connectivity index is 0.000000716. The molecule has 0 unspecified atom stereocenters. The second-order valence-corrected chi connectivity index (χ2v) is 35.9. The van der Waals surface area contributed by atoms with Crippen LogP contribution >= 0.6 is 0 Å². The van der Waals surface area contributed by atoms with E-state index in [0.29, 0.717) is 2.84 Å². The average Bonchev–Trinajstić information content (AvgIpc) is 2.79. The molecule has 3 rings (SSSR count). The number of hydrogen-bond acceptors (Lipinski definition) is 1. The topological polar surface area (TPSA) is 3.24 Å². The van der Waals surface area contributed by atoms with Crippen LogP contribution in [0.5, 0.6) is 0 Å². The Morgan fingerprint density at radius 3 is 1.26 bits per heavy atom. The minimum Gasteiger partial charge on any atom is -0.474 e. The van der Waals surface area contributed by atoms with E-state index in [2.05, 4.69) is 108 Å². The first-order chi connectivity index (χ1) is 15.8. The fourth-order valence-corrected chi connectivity index (χ4v) is 46.2. The third-order valence-corrected chi connectivity index (χ3v) is 48.5. The van der Waals surface area contributed by atoms with Gasteiger partial charge in [-0.05, 0) is 44.9 Å². The van der Waals surface area contributed by atoms with Crippen molar-refractivity contribution in [2.75, 3.05) is 14.1 Å². The van der Waals surface area contributed by atoms with Gasteiger partial charge in [0.2, 0.25) is 0 Å². The molecule has 0 saturated heterocycles. The van der Waals surface area contributed by atoms with Crippen LogP contribution in [0.2, 0.25) is 55.2 Å². The molecular weight excluding hydrogens is 612 g/mol. The normalized spacial score (nSPS) is 17.2. The van der Waals surface area contributed by atoms with Gasteiger partial charge in [-0.25, -0.2) is 12.8 Å². The Hall–Kier alpha value is 1.16. The summed E-state index contributed by atoms with van der Waals surface area (Å²) in [5, 5.41) is 0. The van der Waals surface area contributed by atoms with E-state index in [1.54, 1.807) is 4.12 Å². The third kappa shape index (κ3) is 11.0. The van der Waals surface area contributed by atoms with Gasteiger partial charge in [0.1, 0.15) is 0 Å². The molecule has 0 atom stereocenters. The minimum absolute atomic E-state index is 0. The van der Waals surface area contributed by atoms with E-state index in [9.17, 15) is 0 Å². The van der Waals surface area contributed by atoms with E-state index in [1.807, 2.05) is 70.6 Å². The zero-order valence-corrected chi connectivity index (χ0v) is 31.1. The van der Waals surface area contributed by atoms with Crippen LogP contribution in [-0.2, 0) is 21.1 Å².